The number of carbonyl (C=O) groups excluding carboxylic acids is 1. The maximum Gasteiger partial charge on any atom is 0.249 e. The Balaban J connectivity index is 1.88. The normalized spacial score (nSPS) is 13.9. The number of benzene rings is 2. The van der Waals surface area contributed by atoms with Crippen LogP contribution in [-0.4, -0.2) is 41.8 Å². The average molecular weight is 376 g/mol. The summed E-state index contributed by atoms with van der Waals surface area (Å²) in [4.78, 5) is 14.1. The van der Waals surface area contributed by atoms with E-state index in [0.29, 0.717) is 30.5 Å². The number of fused-ring (bicyclic) bond motifs is 1. The number of nitrogens with zero attached hydrogens (tertiary/aromatic N) is 1. The minimum atomic E-state index is -0.0946. The second-order valence-electron chi connectivity index (χ2n) is 6.52. The number of amides is 1. The molecule has 1 aliphatic rings. The number of phenols is 1. The molecule has 6 heteroatoms. The largest absolute Gasteiger partial charge is 0.504 e. The molecule has 0 atom stereocenters. The number of ether oxygens (including phenoxy) is 2. The molecule has 1 amide bonds. The SMILES string of the molecule is CC(C)OCC(=O)N1CCOc2c(O)cc(-c3cccc(Cl)c3)cc2C1. The summed E-state index contributed by atoms with van der Waals surface area (Å²) in [6.07, 6.45) is -0.00654. The second kappa shape index (κ2) is 7.98. The van der Waals surface area contributed by atoms with Gasteiger partial charge in [-0.2, -0.15) is 0 Å². The van der Waals surface area contributed by atoms with Crippen LogP contribution in [0.1, 0.15) is 19.4 Å². The molecule has 0 aliphatic carbocycles. The monoisotopic (exact) mass is 375 g/mol. The van der Waals surface area contributed by atoms with Crippen LogP contribution in [0.2, 0.25) is 5.02 Å². The van der Waals surface area contributed by atoms with Crippen LogP contribution in [0, 0.1) is 0 Å². The van der Waals surface area contributed by atoms with E-state index in [1.54, 1.807) is 17.0 Å². The van der Waals surface area contributed by atoms with Gasteiger partial charge in [0.2, 0.25) is 5.91 Å². The molecule has 0 bridgehead atoms. The van der Waals surface area contributed by atoms with Gasteiger partial charge >= 0.3 is 0 Å². The highest BCUT2D eigenvalue weighted by atomic mass is 35.5. The lowest BCUT2D eigenvalue weighted by Crippen LogP contribution is -2.35. The Labute approximate surface area is 158 Å². The minimum absolute atomic E-state index is 0.00654. The van der Waals surface area contributed by atoms with E-state index < -0.39 is 0 Å². The first-order valence-corrected chi connectivity index (χ1v) is 8.96. The molecule has 138 valence electrons. The quantitative estimate of drug-likeness (QED) is 0.881. The van der Waals surface area contributed by atoms with E-state index in [0.717, 1.165) is 16.7 Å². The van der Waals surface area contributed by atoms with Crippen LogP contribution in [-0.2, 0) is 16.1 Å². The number of hydrogen-bond acceptors (Lipinski definition) is 4. The first kappa shape index (κ1) is 18.5. The molecule has 1 heterocycles. The maximum absolute atomic E-state index is 12.4. The van der Waals surface area contributed by atoms with Crippen LogP contribution in [0.5, 0.6) is 11.5 Å². The molecule has 3 rings (SSSR count). The first-order chi connectivity index (χ1) is 12.4. The van der Waals surface area contributed by atoms with E-state index in [9.17, 15) is 9.90 Å². The van der Waals surface area contributed by atoms with Crippen LogP contribution in [0.4, 0.5) is 0 Å². The van der Waals surface area contributed by atoms with Gasteiger partial charge in [0, 0.05) is 17.1 Å². The van der Waals surface area contributed by atoms with Crippen LogP contribution >= 0.6 is 11.6 Å². The summed E-state index contributed by atoms with van der Waals surface area (Å²) in [5.41, 5.74) is 2.47. The molecule has 0 spiro atoms. The molecule has 2 aromatic carbocycles. The predicted molar refractivity (Wildman–Crippen MR) is 101 cm³/mol. The van der Waals surface area contributed by atoms with E-state index in [1.165, 1.54) is 0 Å². The Bertz CT molecular complexity index is 806. The van der Waals surface area contributed by atoms with Crippen molar-refractivity contribution in [2.24, 2.45) is 0 Å². The fourth-order valence-electron chi connectivity index (χ4n) is 2.88. The molecule has 1 N–H and O–H groups in total. The smallest absolute Gasteiger partial charge is 0.249 e. The third-order valence-corrected chi connectivity index (χ3v) is 4.40. The van der Waals surface area contributed by atoms with E-state index in [4.69, 9.17) is 21.1 Å². The molecular weight excluding hydrogens is 354 g/mol. The van der Waals surface area contributed by atoms with Crippen LogP contribution in [0.3, 0.4) is 0 Å². The highest BCUT2D eigenvalue weighted by Gasteiger charge is 2.23. The Hall–Kier alpha value is -2.24. The Morgan fingerprint density at radius 3 is 2.85 bits per heavy atom. The number of hydrogen-bond donors (Lipinski definition) is 1. The number of halogens is 1. The number of phenolic OH excluding ortho intramolecular Hbond substituents is 1. The maximum atomic E-state index is 12.4. The van der Waals surface area contributed by atoms with Crippen molar-refractivity contribution in [2.75, 3.05) is 19.8 Å². The minimum Gasteiger partial charge on any atom is -0.504 e. The predicted octanol–water partition coefficient (Wildman–Crippen LogP) is 3.86. The third kappa shape index (κ3) is 4.29. The molecule has 2 aromatic rings. The van der Waals surface area contributed by atoms with Gasteiger partial charge in [-0.25, -0.2) is 0 Å². The molecule has 5 nitrogen and oxygen atoms in total. The summed E-state index contributed by atoms with van der Waals surface area (Å²) < 4.78 is 11.1. The van der Waals surface area contributed by atoms with Gasteiger partial charge in [-0.15, -0.1) is 0 Å². The van der Waals surface area contributed by atoms with Crippen molar-refractivity contribution in [3.8, 4) is 22.6 Å². The molecule has 26 heavy (non-hydrogen) atoms. The van der Waals surface area contributed by atoms with Gasteiger partial charge in [-0.1, -0.05) is 23.7 Å². The number of rotatable bonds is 4. The van der Waals surface area contributed by atoms with E-state index in [1.807, 2.05) is 38.1 Å². The summed E-state index contributed by atoms with van der Waals surface area (Å²) >= 11 is 6.08. The lowest BCUT2D eigenvalue weighted by Gasteiger charge is -2.20. The molecular formula is C20H22ClNO4. The van der Waals surface area contributed by atoms with Crippen molar-refractivity contribution >= 4 is 17.5 Å². The molecule has 1 aliphatic heterocycles. The molecule has 0 fully saturated rings. The van der Waals surface area contributed by atoms with E-state index >= 15 is 0 Å². The van der Waals surface area contributed by atoms with Gasteiger partial charge in [0.1, 0.15) is 13.2 Å². The van der Waals surface area contributed by atoms with Crippen molar-refractivity contribution in [3.63, 3.8) is 0 Å². The first-order valence-electron chi connectivity index (χ1n) is 8.58. The highest BCUT2D eigenvalue weighted by Crippen LogP contribution is 2.38. The van der Waals surface area contributed by atoms with Crippen molar-refractivity contribution in [1.29, 1.82) is 0 Å². The summed E-state index contributed by atoms with van der Waals surface area (Å²) in [5, 5.41) is 11.0. The van der Waals surface area contributed by atoms with Gasteiger partial charge in [-0.3, -0.25) is 4.79 Å². The Kier molecular flexibility index (Phi) is 5.69. The van der Waals surface area contributed by atoms with Crippen LogP contribution in [0.25, 0.3) is 11.1 Å². The van der Waals surface area contributed by atoms with Crippen molar-refractivity contribution < 1.29 is 19.4 Å². The summed E-state index contributed by atoms with van der Waals surface area (Å²) in [6.45, 7) is 4.95. The molecule has 0 aromatic heterocycles. The van der Waals surface area contributed by atoms with Gasteiger partial charge in [-0.05, 0) is 49.2 Å². The number of carbonyl (C=O) groups is 1. The van der Waals surface area contributed by atoms with E-state index in [2.05, 4.69) is 0 Å². The Morgan fingerprint density at radius 1 is 1.31 bits per heavy atom. The van der Waals surface area contributed by atoms with Crippen LogP contribution < -0.4 is 4.74 Å². The van der Waals surface area contributed by atoms with Gasteiger partial charge in [0.05, 0.1) is 12.6 Å². The Morgan fingerprint density at radius 2 is 2.12 bits per heavy atom. The van der Waals surface area contributed by atoms with Gasteiger partial charge in [0.15, 0.2) is 11.5 Å². The fraction of sp³-hybridized carbons (Fsp3) is 0.350. The lowest BCUT2D eigenvalue weighted by molar-refractivity contribution is -0.138. The van der Waals surface area contributed by atoms with Crippen LogP contribution in [0.15, 0.2) is 36.4 Å². The molecule has 0 saturated carbocycles. The summed E-state index contributed by atoms with van der Waals surface area (Å²) in [5.74, 6) is 0.392. The van der Waals surface area contributed by atoms with Crippen molar-refractivity contribution in [2.45, 2.75) is 26.5 Å². The third-order valence-electron chi connectivity index (χ3n) is 4.17. The summed E-state index contributed by atoms with van der Waals surface area (Å²) in [6, 6.07) is 11.0. The standard InChI is InChI=1S/C20H22ClNO4/c1-13(2)26-12-19(24)22-6-7-25-20-16(11-22)8-15(10-18(20)23)14-4-3-5-17(21)9-14/h3-5,8-10,13,23H,6-7,11-12H2,1-2H3. The highest BCUT2D eigenvalue weighted by molar-refractivity contribution is 6.30. The number of aromatic hydroxyl groups is 1. The van der Waals surface area contributed by atoms with Crippen molar-refractivity contribution in [3.05, 3.63) is 47.0 Å². The van der Waals surface area contributed by atoms with E-state index in [-0.39, 0.29) is 24.4 Å². The zero-order valence-corrected chi connectivity index (χ0v) is 15.6. The second-order valence-corrected chi connectivity index (χ2v) is 6.95. The molecule has 0 saturated heterocycles. The average Bonchev–Trinajstić information content (AvgIpc) is 2.82. The topological polar surface area (TPSA) is 59.0 Å². The zero-order valence-electron chi connectivity index (χ0n) is 14.9. The lowest BCUT2D eigenvalue weighted by atomic mass is 10.0. The van der Waals surface area contributed by atoms with Gasteiger partial charge in [0.25, 0.3) is 0 Å². The fourth-order valence-corrected chi connectivity index (χ4v) is 3.07. The zero-order chi connectivity index (χ0) is 18.7. The molecule has 0 unspecified atom stereocenters. The van der Waals surface area contributed by atoms with Crippen molar-refractivity contribution in [1.82, 2.24) is 4.90 Å². The van der Waals surface area contributed by atoms with Gasteiger partial charge < -0.3 is 19.5 Å². The molecule has 0 radical (unpaired) electrons. The summed E-state index contributed by atoms with van der Waals surface area (Å²) in [7, 11) is 0.